The summed E-state index contributed by atoms with van der Waals surface area (Å²) in [6.07, 6.45) is 2.71. The fourth-order valence-electron chi connectivity index (χ4n) is 1.91. The lowest BCUT2D eigenvalue weighted by molar-refractivity contribution is 0.567. The van der Waals surface area contributed by atoms with E-state index in [9.17, 15) is 0 Å². The van der Waals surface area contributed by atoms with E-state index in [2.05, 4.69) is 48.7 Å². The molecule has 0 aromatic carbocycles. The van der Waals surface area contributed by atoms with Gasteiger partial charge in [0.1, 0.15) is 10.3 Å². The number of aromatic amines is 1. The van der Waals surface area contributed by atoms with Crippen LogP contribution in [-0.2, 0) is 11.8 Å². The second-order valence-electron chi connectivity index (χ2n) is 5.60. The van der Waals surface area contributed by atoms with Crippen molar-refractivity contribution in [2.45, 2.75) is 39.5 Å². The Kier molecular flexibility index (Phi) is 3.80. The molecule has 0 saturated heterocycles. The van der Waals surface area contributed by atoms with Gasteiger partial charge in [-0.15, -0.1) is 0 Å². The Hall–Kier alpha value is -1.55. The van der Waals surface area contributed by atoms with Gasteiger partial charge in [-0.3, -0.25) is 4.98 Å². The zero-order valence-corrected chi connectivity index (χ0v) is 12.6. The van der Waals surface area contributed by atoms with Crippen molar-refractivity contribution in [3.8, 4) is 11.5 Å². The lowest BCUT2D eigenvalue weighted by Gasteiger charge is -2.19. The summed E-state index contributed by atoms with van der Waals surface area (Å²) in [5.41, 5.74) is 3.15. The topological polar surface area (TPSA) is 41.6 Å². The summed E-state index contributed by atoms with van der Waals surface area (Å²) in [6.45, 7) is 8.56. The van der Waals surface area contributed by atoms with Crippen molar-refractivity contribution in [2.75, 3.05) is 0 Å². The Morgan fingerprint density at radius 2 is 2.05 bits per heavy atom. The summed E-state index contributed by atoms with van der Waals surface area (Å²) in [7, 11) is 0. The molecule has 0 amide bonds. The molecule has 0 bridgehead atoms. The number of pyridine rings is 1. The summed E-state index contributed by atoms with van der Waals surface area (Å²) in [6, 6.07) is 5.95. The molecule has 1 N–H and O–H groups in total. The van der Waals surface area contributed by atoms with Crippen LogP contribution < -0.4 is 0 Å². The third kappa shape index (κ3) is 3.07. The first-order chi connectivity index (χ1) is 8.91. The van der Waals surface area contributed by atoms with E-state index >= 15 is 0 Å². The number of H-pyrrole nitrogens is 1. The largest absolute Gasteiger partial charge is 0.341 e. The van der Waals surface area contributed by atoms with Gasteiger partial charge in [0.15, 0.2) is 5.82 Å². The van der Waals surface area contributed by atoms with Gasteiger partial charge in [0.2, 0.25) is 0 Å². The highest BCUT2D eigenvalue weighted by Gasteiger charge is 2.17. The molecular weight excluding hydrogens is 254 g/mol. The van der Waals surface area contributed by atoms with Crippen molar-refractivity contribution < 1.29 is 0 Å². The second kappa shape index (κ2) is 5.21. The van der Waals surface area contributed by atoms with Crippen molar-refractivity contribution in [2.24, 2.45) is 0 Å². The lowest BCUT2D eigenvalue weighted by Crippen LogP contribution is -2.15. The summed E-state index contributed by atoms with van der Waals surface area (Å²) in [5.74, 6) is 0.759. The van der Waals surface area contributed by atoms with E-state index in [1.165, 1.54) is 5.56 Å². The SMILES string of the molecule is CCc1cccnc1-c1nc(=S)cc(C(C)(C)C)[nH]1. The zero-order valence-electron chi connectivity index (χ0n) is 11.8. The van der Waals surface area contributed by atoms with E-state index in [4.69, 9.17) is 12.2 Å². The number of rotatable bonds is 2. The number of hydrogen-bond donors (Lipinski definition) is 1. The van der Waals surface area contributed by atoms with E-state index in [1.807, 2.05) is 12.1 Å². The first kappa shape index (κ1) is 13.9. The van der Waals surface area contributed by atoms with Crippen molar-refractivity contribution in [1.82, 2.24) is 15.0 Å². The molecule has 2 aromatic heterocycles. The highest BCUT2D eigenvalue weighted by molar-refractivity contribution is 7.71. The molecule has 0 saturated carbocycles. The van der Waals surface area contributed by atoms with E-state index in [-0.39, 0.29) is 5.41 Å². The van der Waals surface area contributed by atoms with Crippen LogP contribution in [0.2, 0.25) is 0 Å². The molecule has 0 aliphatic carbocycles. The molecule has 0 atom stereocenters. The summed E-state index contributed by atoms with van der Waals surface area (Å²) in [5, 5.41) is 0. The Morgan fingerprint density at radius 3 is 2.68 bits per heavy atom. The Bertz CT molecular complexity index is 638. The first-order valence-corrected chi connectivity index (χ1v) is 6.88. The van der Waals surface area contributed by atoms with Crippen LogP contribution in [0.1, 0.15) is 39.0 Å². The normalized spacial score (nSPS) is 11.6. The number of aromatic nitrogens is 3. The van der Waals surface area contributed by atoms with Crippen molar-refractivity contribution in [3.05, 3.63) is 40.3 Å². The third-order valence-electron chi connectivity index (χ3n) is 3.05. The molecule has 0 unspecified atom stereocenters. The van der Waals surface area contributed by atoms with E-state index < -0.39 is 0 Å². The molecule has 0 fully saturated rings. The second-order valence-corrected chi connectivity index (χ2v) is 6.01. The van der Waals surface area contributed by atoms with Crippen LogP contribution in [0.4, 0.5) is 0 Å². The van der Waals surface area contributed by atoms with Crippen LogP contribution >= 0.6 is 12.2 Å². The van der Waals surface area contributed by atoms with Crippen LogP contribution in [0.25, 0.3) is 11.5 Å². The predicted molar refractivity (Wildman–Crippen MR) is 80.7 cm³/mol. The van der Waals surface area contributed by atoms with Crippen LogP contribution in [-0.4, -0.2) is 15.0 Å². The minimum Gasteiger partial charge on any atom is -0.341 e. The molecule has 19 heavy (non-hydrogen) atoms. The monoisotopic (exact) mass is 273 g/mol. The molecule has 2 aromatic rings. The number of aryl methyl sites for hydroxylation is 1. The standard InChI is InChI=1S/C15H19N3S/c1-5-10-7-6-8-16-13(10)14-17-11(15(2,3)4)9-12(19)18-14/h6-9H,5H2,1-4H3,(H,17,18,19). The molecule has 3 nitrogen and oxygen atoms in total. The van der Waals surface area contributed by atoms with Gasteiger partial charge in [0.05, 0.1) is 0 Å². The minimum atomic E-state index is 0.00636. The maximum atomic E-state index is 5.28. The molecule has 4 heteroatoms. The Labute approximate surface area is 119 Å². The van der Waals surface area contributed by atoms with Crippen LogP contribution in [0.5, 0.6) is 0 Å². The van der Waals surface area contributed by atoms with E-state index in [0.29, 0.717) is 4.64 Å². The average molecular weight is 273 g/mol. The maximum absolute atomic E-state index is 5.28. The summed E-state index contributed by atoms with van der Waals surface area (Å²) in [4.78, 5) is 12.2. The van der Waals surface area contributed by atoms with Gasteiger partial charge in [-0.2, -0.15) is 0 Å². The van der Waals surface area contributed by atoms with Crippen molar-refractivity contribution in [3.63, 3.8) is 0 Å². The van der Waals surface area contributed by atoms with Gasteiger partial charge >= 0.3 is 0 Å². The minimum absolute atomic E-state index is 0.00636. The molecule has 0 aliphatic rings. The van der Waals surface area contributed by atoms with Crippen LogP contribution in [0.15, 0.2) is 24.4 Å². The van der Waals surface area contributed by atoms with E-state index in [1.54, 1.807) is 6.20 Å². The van der Waals surface area contributed by atoms with Gasteiger partial charge in [-0.25, -0.2) is 4.98 Å². The molecule has 0 spiro atoms. The lowest BCUT2D eigenvalue weighted by atomic mass is 9.92. The molecule has 100 valence electrons. The predicted octanol–water partition coefficient (Wildman–Crippen LogP) is 4.06. The summed E-state index contributed by atoms with van der Waals surface area (Å²) >= 11 is 5.28. The quantitative estimate of drug-likeness (QED) is 0.839. The molecule has 0 aliphatic heterocycles. The van der Waals surface area contributed by atoms with Crippen LogP contribution in [0.3, 0.4) is 0 Å². The average Bonchev–Trinajstić information content (AvgIpc) is 2.37. The number of nitrogens with zero attached hydrogens (tertiary/aromatic N) is 2. The fraction of sp³-hybridized carbons (Fsp3) is 0.400. The third-order valence-corrected chi connectivity index (χ3v) is 3.26. The molecule has 0 radical (unpaired) electrons. The van der Waals surface area contributed by atoms with Gasteiger partial charge in [-0.1, -0.05) is 46.0 Å². The highest BCUT2D eigenvalue weighted by atomic mass is 32.1. The Balaban J connectivity index is 2.63. The van der Waals surface area contributed by atoms with Gasteiger partial charge < -0.3 is 4.98 Å². The van der Waals surface area contributed by atoms with Gasteiger partial charge in [0, 0.05) is 17.3 Å². The van der Waals surface area contributed by atoms with E-state index in [0.717, 1.165) is 23.6 Å². The van der Waals surface area contributed by atoms with Crippen molar-refractivity contribution in [1.29, 1.82) is 0 Å². The number of nitrogens with one attached hydrogen (secondary N) is 1. The summed E-state index contributed by atoms with van der Waals surface area (Å²) < 4.78 is 0.603. The van der Waals surface area contributed by atoms with Gasteiger partial charge in [-0.05, 0) is 24.1 Å². The van der Waals surface area contributed by atoms with Crippen LogP contribution in [0, 0.1) is 4.64 Å². The maximum Gasteiger partial charge on any atom is 0.158 e. The molecular formula is C15H19N3S. The zero-order chi connectivity index (χ0) is 14.0. The van der Waals surface area contributed by atoms with Crippen molar-refractivity contribution >= 4 is 12.2 Å². The molecule has 2 rings (SSSR count). The fourth-order valence-corrected chi connectivity index (χ4v) is 2.12. The Morgan fingerprint density at radius 1 is 1.32 bits per heavy atom. The number of hydrogen-bond acceptors (Lipinski definition) is 3. The molecule has 2 heterocycles. The van der Waals surface area contributed by atoms with Gasteiger partial charge in [0.25, 0.3) is 0 Å². The first-order valence-electron chi connectivity index (χ1n) is 6.48. The highest BCUT2D eigenvalue weighted by Crippen LogP contribution is 2.24. The smallest absolute Gasteiger partial charge is 0.158 e.